The molecule has 4 amide bonds. The van der Waals surface area contributed by atoms with E-state index in [1.165, 1.54) is 18.3 Å². The fourth-order valence-electron chi connectivity index (χ4n) is 2.10. The van der Waals surface area contributed by atoms with Gasteiger partial charge in [-0.15, -0.1) is 11.3 Å². The van der Waals surface area contributed by atoms with E-state index >= 15 is 0 Å². The fourth-order valence-corrected chi connectivity index (χ4v) is 3.01. The third kappa shape index (κ3) is 2.76. The third-order valence-corrected chi connectivity index (χ3v) is 4.02. The molecule has 0 unspecified atom stereocenters. The van der Waals surface area contributed by atoms with Crippen molar-refractivity contribution in [3.05, 3.63) is 22.4 Å². The standard InChI is InChI=1S/C12H15N3O3S/c1-8(16)13-6-3-5-12(9-4-2-7-19-9)10(17)14-11(18)15-12/h2,4,7H,3,5-6H2,1H3,(H,13,16)(H2,14,15,17,18)/t12-/m1/s1. The molecule has 0 spiro atoms. The molecule has 2 heterocycles. The van der Waals surface area contributed by atoms with Crippen molar-refractivity contribution in [2.45, 2.75) is 25.3 Å². The summed E-state index contributed by atoms with van der Waals surface area (Å²) >= 11 is 1.43. The van der Waals surface area contributed by atoms with E-state index in [2.05, 4.69) is 16.0 Å². The normalized spacial score (nSPS) is 21.9. The number of carbonyl (C=O) groups is 3. The van der Waals surface area contributed by atoms with Crippen LogP contribution in [0.2, 0.25) is 0 Å². The van der Waals surface area contributed by atoms with Gasteiger partial charge in [-0.2, -0.15) is 0 Å². The molecule has 0 aromatic carbocycles. The van der Waals surface area contributed by atoms with Crippen LogP contribution in [0.5, 0.6) is 0 Å². The number of carbonyl (C=O) groups excluding carboxylic acids is 3. The first-order valence-electron chi connectivity index (χ1n) is 5.96. The topological polar surface area (TPSA) is 87.3 Å². The van der Waals surface area contributed by atoms with Crippen molar-refractivity contribution in [3.8, 4) is 0 Å². The highest BCUT2D eigenvalue weighted by Gasteiger charge is 2.47. The van der Waals surface area contributed by atoms with Crippen LogP contribution in [0.4, 0.5) is 4.79 Å². The molecule has 6 nitrogen and oxygen atoms in total. The number of hydrogen-bond acceptors (Lipinski definition) is 4. The lowest BCUT2D eigenvalue weighted by molar-refractivity contribution is -0.124. The Morgan fingerprint density at radius 3 is 2.79 bits per heavy atom. The van der Waals surface area contributed by atoms with Crippen LogP contribution in [0.15, 0.2) is 17.5 Å². The molecule has 2 rings (SSSR count). The van der Waals surface area contributed by atoms with Gasteiger partial charge >= 0.3 is 6.03 Å². The summed E-state index contributed by atoms with van der Waals surface area (Å²) in [6.07, 6.45) is 1.05. The van der Waals surface area contributed by atoms with Crippen LogP contribution >= 0.6 is 11.3 Å². The average Bonchev–Trinajstić information content (AvgIpc) is 2.94. The van der Waals surface area contributed by atoms with Crippen LogP contribution in [0.25, 0.3) is 0 Å². The van der Waals surface area contributed by atoms with Crippen LogP contribution < -0.4 is 16.0 Å². The molecule has 102 valence electrons. The SMILES string of the molecule is CC(=O)NCCC[C@]1(c2cccs2)NC(=O)NC1=O. The highest BCUT2D eigenvalue weighted by molar-refractivity contribution is 7.10. The maximum Gasteiger partial charge on any atom is 0.322 e. The number of thiophene rings is 1. The molecule has 1 atom stereocenters. The Hall–Kier alpha value is -1.89. The molecule has 1 aliphatic rings. The second-order valence-electron chi connectivity index (χ2n) is 4.38. The van der Waals surface area contributed by atoms with E-state index in [9.17, 15) is 14.4 Å². The number of imide groups is 1. The molecule has 1 fully saturated rings. The summed E-state index contributed by atoms with van der Waals surface area (Å²) in [6, 6.07) is 3.19. The highest BCUT2D eigenvalue weighted by atomic mass is 32.1. The average molecular weight is 281 g/mol. The molecular formula is C12H15N3O3S. The van der Waals surface area contributed by atoms with Gasteiger partial charge in [0.15, 0.2) is 5.54 Å². The molecule has 0 aliphatic carbocycles. The van der Waals surface area contributed by atoms with Crippen molar-refractivity contribution in [1.82, 2.24) is 16.0 Å². The molecule has 1 aliphatic heterocycles. The van der Waals surface area contributed by atoms with Crippen LogP contribution in [0, 0.1) is 0 Å². The van der Waals surface area contributed by atoms with Gasteiger partial charge in [-0.3, -0.25) is 14.9 Å². The summed E-state index contributed by atoms with van der Waals surface area (Å²) in [6.45, 7) is 1.92. The van der Waals surface area contributed by atoms with E-state index in [1.54, 1.807) is 0 Å². The summed E-state index contributed by atoms with van der Waals surface area (Å²) in [5.41, 5.74) is -0.996. The van der Waals surface area contributed by atoms with E-state index in [1.807, 2.05) is 17.5 Å². The zero-order valence-corrected chi connectivity index (χ0v) is 11.3. The van der Waals surface area contributed by atoms with Gasteiger partial charge < -0.3 is 10.6 Å². The summed E-state index contributed by atoms with van der Waals surface area (Å²) in [4.78, 5) is 35.1. The number of urea groups is 1. The Morgan fingerprint density at radius 1 is 1.47 bits per heavy atom. The number of nitrogens with one attached hydrogen (secondary N) is 3. The molecule has 19 heavy (non-hydrogen) atoms. The van der Waals surface area contributed by atoms with Crippen molar-refractivity contribution in [3.63, 3.8) is 0 Å². The van der Waals surface area contributed by atoms with E-state index < -0.39 is 11.6 Å². The Labute approximate surface area is 114 Å². The molecule has 0 saturated carbocycles. The van der Waals surface area contributed by atoms with Crippen LogP contribution in [-0.4, -0.2) is 24.4 Å². The van der Waals surface area contributed by atoms with Gasteiger partial charge in [0.1, 0.15) is 0 Å². The highest BCUT2D eigenvalue weighted by Crippen LogP contribution is 2.32. The zero-order chi connectivity index (χ0) is 13.9. The quantitative estimate of drug-likeness (QED) is 0.548. The van der Waals surface area contributed by atoms with Crippen molar-refractivity contribution in [2.75, 3.05) is 6.54 Å². The first-order valence-corrected chi connectivity index (χ1v) is 6.84. The lowest BCUT2D eigenvalue weighted by Crippen LogP contribution is -2.43. The summed E-state index contributed by atoms with van der Waals surface area (Å²) < 4.78 is 0. The Morgan fingerprint density at radius 2 is 2.26 bits per heavy atom. The Bertz CT molecular complexity index is 500. The minimum Gasteiger partial charge on any atom is -0.356 e. The lowest BCUT2D eigenvalue weighted by Gasteiger charge is -2.24. The largest absolute Gasteiger partial charge is 0.356 e. The molecule has 3 N–H and O–H groups in total. The maximum absolute atomic E-state index is 12.1. The number of amides is 4. The molecular weight excluding hydrogens is 266 g/mol. The zero-order valence-electron chi connectivity index (χ0n) is 10.5. The first-order chi connectivity index (χ1) is 9.04. The van der Waals surface area contributed by atoms with E-state index in [0.29, 0.717) is 19.4 Å². The van der Waals surface area contributed by atoms with E-state index in [0.717, 1.165) is 4.88 Å². The van der Waals surface area contributed by atoms with Crippen molar-refractivity contribution < 1.29 is 14.4 Å². The minimum atomic E-state index is -0.996. The second kappa shape index (κ2) is 5.40. The van der Waals surface area contributed by atoms with Gasteiger partial charge in [-0.1, -0.05) is 6.07 Å². The molecule has 0 bridgehead atoms. The lowest BCUT2D eigenvalue weighted by atomic mass is 9.91. The van der Waals surface area contributed by atoms with Gasteiger partial charge in [0.05, 0.1) is 0 Å². The van der Waals surface area contributed by atoms with Gasteiger partial charge in [0, 0.05) is 18.3 Å². The molecule has 1 aromatic heterocycles. The fraction of sp³-hybridized carbons (Fsp3) is 0.417. The van der Waals surface area contributed by atoms with Crippen molar-refractivity contribution >= 4 is 29.2 Å². The van der Waals surface area contributed by atoms with E-state index in [-0.39, 0.29) is 11.8 Å². The molecule has 1 saturated heterocycles. The number of hydrogen-bond donors (Lipinski definition) is 3. The first kappa shape index (κ1) is 13.5. The minimum absolute atomic E-state index is 0.106. The van der Waals surface area contributed by atoms with Crippen molar-refractivity contribution in [2.24, 2.45) is 0 Å². The van der Waals surface area contributed by atoms with E-state index in [4.69, 9.17) is 0 Å². The monoisotopic (exact) mass is 281 g/mol. The summed E-state index contributed by atoms with van der Waals surface area (Å²) in [5.74, 6) is -0.437. The summed E-state index contributed by atoms with van der Waals surface area (Å²) in [7, 11) is 0. The van der Waals surface area contributed by atoms with Gasteiger partial charge in [-0.25, -0.2) is 4.79 Å². The predicted octanol–water partition coefficient (Wildman–Crippen LogP) is 0.699. The maximum atomic E-state index is 12.1. The van der Waals surface area contributed by atoms with Gasteiger partial charge in [-0.05, 0) is 24.3 Å². The van der Waals surface area contributed by atoms with Crippen LogP contribution in [-0.2, 0) is 15.1 Å². The van der Waals surface area contributed by atoms with Crippen molar-refractivity contribution in [1.29, 1.82) is 0 Å². The third-order valence-electron chi connectivity index (χ3n) is 2.99. The Kier molecular flexibility index (Phi) is 3.84. The smallest absolute Gasteiger partial charge is 0.322 e. The number of rotatable bonds is 5. The molecule has 0 radical (unpaired) electrons. The van der Waals surface area contributed by atoms with Gasteiger partial charge in [0.2, 0.25) is 5.91 Å². The summed E-state index contributed by atoms with van der Waals surface area (Å²) in [5, 5.41) is 9.52. The van der Waals surface area contributed by atoms with Crippen LogP contribution in [0.1, 0.15) is 24.6 Å². The Balaban J connectivity index is 2.10. The second-order valence-corrected chi connectivity index (χ2v) is 5.33. The molecule has 1 aromatic rings. The van der Waals surface area contributed by atoms with Gasteiger partial charge in [0.25, 0.3) is 5.91 Å². The predicted molar refractivity (Wildman–Crippen MR) is 70.6 cm³/mol. The molecule has 7 heteroatoms. The van der Waals surface area contributed by atoms with Crippen LogP contribution in [0.3, 0.4) is 0 Å².